The highest BCUT2D eigenvalue weighted by Crippen LogP contribution is 2.39. The van der Waals surface area contributed by atoms with Crippen molar-refractivity contribution in [2.24, 2.45) is 0 Å². The summed E-state index contributed by atoms with van der Waals surface area (Å²) in [5.41, 5.74) is 7.80. The minimum atomic E-state index is 0.529. The molecule has 5 rings (SSSR count). The molecule has 0 radical (unpaired) electrons. The molecule has 0 fully saturated rings. The fourth-order valence-corrected chi connectivity index (χ4v) is 3.99. The molecular weight excluding hydrogens is 356 g/mol. The van der Waals surface area contributed by atoms with E-state index >= 15 is 0 Å². The van der Waals surface area contributed by atoms with Crippen molar-refractivity contribution >= 4 is 0 Å². The second-order valence-corrected chi connectivity index (χ2v) is 7.27. The highest BCUT2D eigenvalue weighted by atomic mass is 16.5. The fraction of sp³-hybridized carbons (Fsp3) is 0.111. The lowest BCUT2D eigenvalue weighted by Crippen LogP contribution is -2.07. The lowest BCUT2D eigenvalue weighted by Gasteiger charge is -2.16. The van der Waals surface area contributed by atoms with Crippen LogP contribution in [0, 0.1) is 0 Å². The van der Waals surface area contributed by atoms with Gasteiger partial charge in [-0.1, -0.05) is 72.8 Å². The van der Waals surface area contributed by atoms with Crippen LogP contribution in [0.3, 0.4) is 0 Å². The van der Waals surface area contributed by atoms with Gasteiger partial charge in [-0.25, -0.2) is 0 Å². The summed E-state index contributed by atoms with van der Waals surface area (Å²) >= 11 is 0. The van der Waals surface area contributed by atoms with Gasteiger partial charge in [0.15, 0.2) is 0 Å². The van der Waals surface area contributed by atoms with Gasteiger partial charge in [-0.2, -0.15) is 0 Å². The molecule has 142 valence electrons. The summed E-state index contributed by atoms with van der Waals surface area (Å²) in [6.45, 7) is 1.07. The quantitative estimate of drug-likeness (QED) is 0.340. The van der Waals surface area contributed by atoms with E-state index in [2.05, 4.69) is 36.4 Å². The highest BCUT2D eigenvalue weighted by Gasteiger charge is 2.23. The molecule has 4 aromatic rings. The zero-order chi connectivity index (χ0) is 19.5. The zero-order valence-corrected chi connectivity index (χ0v) is 16.2. The molecule has 1 aliphatic carbocycles. The third-order valence-electron chi connectivity index (χ3n) is 5.47. The summed E-state index contributed by atoms with van der Waals surface area (Å²) in [5, 5.41) is 0. The summed E-state index contributed by atoms with van der Waals surface area (Å²) in [4.78, 5) is 0. The predicted molar refractivity (Wildman–Crippen MR) is 116 cm³/mol. The van der Waals surface area contributed by atoms with Gasteiger partial charge >= 0.3 is 0 Å². The van der Waals surface area contributed by atoms with Crippen LogP contribution < -0.4 is 9.47 Å². The number of rotatable bonds is 6. The lowest BCUT2D eigenvalue weighted by atomic mass is 9.97. The van der Waals surface area contributed by atoms with Gasteiger partial charge in [-0.05, 0) is 58.5 Å². The van der Waals surface area contributed by atoms with E-state index in [1.165, 1.54) is 33.4 Å². The van der Waals surface area contributed by atoms with Crippen molar-refractivity contribution in [2.45, 2.75) is 19.6 Å². The average Bonchev–Trinajstić information content (AvgIpc) is 3.17. The Morgan fingerprint density at radius 2 is 1.17 bits per heavy atom. The lowest BCUT2D eigenvalue weighted by molar-refractivity contribution is 0.284. The van der Waals surface area contributed by atoms with Gasteiger partial charge in [0.25, 0.3) is 0 Å². The Morgan fingerprint density at radius 3 is 1.90 bits per heavy atom. The van der Waals surface area contributed by atoms with Crippen LogP contribution in [0.15, 0.2) is 97.1 Å². The number of hydrogen-bond acceptors (Lipinski definition) is 2. The van der Waals surface area contributed by atoms with Crippen LogP contribution in [-0.4, -0.2) is 0 Å². The number of hydrogen-bond donors (Lipinski definition) is 0. The Balaban J connectivity index is 1.48. The van der Waals surface area contributed by atoms with Gasteiger partial charge in [0.2, 0.25) is 0 Å². The number of fused-ring (bicyclic) bond motifs is 3. The molecular formula is C27H22O2. The molecule has 1 aliphatic rings. The Kier molecular flexibility index (Phi) is 4.75. The van der Waals surface area contributed by atoms with Gasteiger partial charge in [0.05, 0.1) is 0 Å². The first-order valence-corrected chi connectivity index (χ1v) is 9.96. The summed E-state index contributed by atoms with van der Waals surface area (Å²) in [5.74, 6) is 1.77. The average molecular weight is 378 g/mol. The molecule has 0 N–H and O–H groups in total. The Morgan fingerprint density at radius 1 is 0.552 bits per heavy atom. The summed E-state index contributed by atoms with van der Waals surface area (Å²) in [7, 11) is 0. The second kappa shape index (κ2) is 7.84. The fourth-order valence-electron chi connectivity index (χ4n) is 3.99. The topological polar surface area (TPSA) is 18.5 Å². The van der Waals surface area contributed by atoms with Gasteiger partial charge in [0.1, 0.15) is 24.7 Å². The molecule has 0 heterocycles. The molecule has 0 amide bonds. The molecule has 2 heteroatoms. The van der Waals surface area contributed by atoms with E-state index in [-0.39, 0.29) is 0 Å². The van der Waals surface area contributed by atoms with Crippen LogP contribution in [-0.2, 0) is 19.6 Å². The Bertz CT molecular complexity index is 1120. The van der Waals surface area contributed by atoms with E-state index in [1.54, 1.807) is 0 Å². The van der Waals surface area contributed by atoms with Crippen molar-refractivity contribution in [2.75, 3.05) is 0 Å². The first-order valence-electron chi connectivity index (χ1n) is 9.96. The SMILES string of the molecule is c1ccc(OCc2ccc3c(c2COc2ccccc2)Cc2ccccc2-3)cc1. The summed E-state index contributed by atoms with van der Waals surface area (Å²) < 4.78 is 12.2. The second-order valence-electron chi connectivity index (χ2n) is 7.27. The summed E-state index contributed by atoms with van der Waals surface area (Å²) in [6.07, 6.45) is 0.943. The Labute approximate surface area is 171 Å². The van der Waals surface area contributed by atoms with Crippen LogP contribution in [0.4, 0.5) is 0 Å². The van der Waals surface area contributed by atoms with E-state index in [1.807, 2.05) is 60.7 Å². The highest BCUT2D eigenvalue weighted by molar-refractivity contribution is 5.78. The molecule has 0 unspecified atom stereocenters. The largest absolute Gasteiger partial charge is 0.489 e. The van der Waals surface area contributed by atoms with Gasteiger partial charge < -0.3 is 9.47 Å². The van der Waals surface area contributed by atoms with Gasteiger partial charge in [0, 0.05) is 5.56 Å². The van der Waals surface area contributed by atoms with E-state index in [9.17, 15) is 0 Å². The van der Waals surface area contributed by atoms with Crippen LogP contribution >= 0.6 is 0 Å². The van der Waals surface area contributed by atoms with E-state index < -0.39 is 0 Å². The maximum atomic E-state index is 6.15. The number of ether oxygens (including phenoxy) is 2. The maximum Gasteiger partial charge on any atom is 0.119 e. The molecule has 0 bridgehead atoms. The first-order chi connectivity index (χ1) is 14.4. The molecule has 2 nitrogen and oxygen atoms in total. The van der Waals surface area contributed by atoms with Crippen LogP contribution in [0.1, 0.15) is 22.3 Å². The Hall–Kier alpha value is -3.52. The first kappa shape index (κ1) is 17.6. The van der Waals surface area contributed by atoms with Gasteiger partial charge in [-0.3, -0.25) is 0 Å². The standard InChI is InChI=1S/C27H22O2/c1-3-10-22(11-4-1)28-18-21-15-16-25-24-14-8-7-9-20(24)17-26(25)27(21)19-29-23-12-5-2-6-13-23/h1-16H,17-19H2. The van der Waals surface area contributed by atoms with Crippen molar-refractivity contribution in [3.8, 4) is 22.6 Å². The van der Waals surface area contributed by atoms with E-state index in [0.29, 0.717) is 13.2 Å². The van der Waals surface area contributed by atoms with Crippen LogP contribution in [0.2, 0.25) is 0 Å². The molecule has 0 aliphatic heterocycles. The predicted octanol–water partition coefficient (Wildman–Crippen LogP) is 6.42. The zero-order valence-electron chi connectivity index (χ0n) is 16.2. The minimum absolute atomic E-state index is 0.529. The molecule has 0 saturated heterocycles. The van der Waals surface area contributed by atoms with Crippen molar-refractivity contribution < 1.29 is 9.47 Å². The smallest absolute Gasteiger partial charge is 0.119 e. The monoisotopic (exact) mass is 378 g/mol. The third kappa shape index (κ3) is 3.62. The third-order valence-corrected chi connectivity index (χ3v) is 5.47. The molecule has 29 heavy (non-hydrogen) atoms. The summed E-state index contributed by atoms with van der Waals surface area (Å²) in [6, 6.07) is 33.0. The van der Waals surface area contributed by atoms with E-state index in [0.717, 1.165) is 17.9 Å². The number of para-hydroxylation sites is 2. The molecule has 0 spiro atoms. The molecule has 0 saturated carbocycles. The maximum absolute atomic E-state index is 6.15. The van der Waals surface area contributed by atoms with Crippen molar-refractivity contribution in [1.29, 1.82) is 0 Å². The molecule has 0 aromatic heterocycles. The van der Waals surface area contributed by atoms with Gasteiger partial charge in [-0.15, -0.1) is 0 Å². The normalized spacial score (nSPS) is 11.6. The van der Waals surface area contributed by atoms with Crippen molar-refractivity contribution in [1.82, 2.24) is 0 Å². The molecule has 0 atom stereocenters. The van der Waals surface area contributed by atoms with Crippen molar-refractivity contribution in [3.05, 3.63) is 119 Å². The van der Waals surface area contributed by atoms with Crippen molar-refractivity contribution in [3.63, 3.8) is 0 Å². The molecule has 4 aromatic carbocycles. The number of benzene rings is 4. The van der Waals surface area contributed by atoms with Crippen LogP contribution in [0.5, 0.6) is 11.5 Å². The van der Waals surface area contributed by atoms with E-state index in [4.69, 9.17) is 9.47 Å². The minimum Gasteiger partial charge on any atom is -0.489 e. The van der Waals surface area contributed by atoms with Crippen LogP contribution in [0.25, 0.3) is 11.1 Å².